The normalized spacial score (nSPS) is 12.4. The van der Waals surface area contributed by atoms with Crippen LogP contribution in [0.5, 0.6) is 5.75 Å². The molecule has 6 nitrogen and oxygen atoms in total. The lowest BCUT2D eigenvalue weighted by Gasteiger charge is -2.19. The Morgan fingerprint density at radius 3 is 2.50 bits per heavy atom. The first-order valence-electron chi connectivity index (χ1n) is 6.17. The summed E-state index contributed by atoms with van der Waals surface area (Å²) in [5, 5.41) is 9.35. The van der Waals surface area contributed by atoms with Crippen LogP contribution in [0.2, 0.25) is 0 Å². The maximum Gasteiger partial charge on any atom is 0.441 e. The van der Waals surface area contributed by atoms with Crippen molar-refractivity contribution in [2.75, 3.05) is 0 Å². The molecule has 1 aromatic rings. The number of phenols is 1. The van der Waals surface area contributed by atoms with E-state index in [2.05, 4.69) is 4.84 Å². The third kappa shape index (κ3) is 5.17. The molecule has 0 aliphatic heterocycles. The molecule has 20 heavy (non-hydrogen) atoms. The van der Waals surface area contributed by atoms with Crippen molar-refractivity contribution in [2.45, 2.75) is 39.2 Å². The van der Waals surface area contributed by atoms with Crippen molar-refractivity contribution in [1.29, 1.82) is 0 Å². The van der Waals surface area contributed by atoms with Gasteiger partial charge in [0.25, 0.3) is 0 Å². The van der Waals surface area contributed by atoms with Crippen LogP contribution in [0.1, 0.15) is 39.2 Å². The van der Waals surface area contributed by atoms with Gasteiger partial charge in [-0.15, -0.1) is 5.48 Å². The molecular formula is C14H19NO5. The fraction of sp³-hybridized carbons (Fsp3) is 0.429. The molecule has 2 N–H and O–H groups in total. The predicted octanol–water partition coefficient (Wildman–Crippen LogP) is 2.48. The van der Waals surface area contributed by atoms with Crippen molar-refractivity contribution in [3.8, 4) is 5.75 Å². The summed E-state index contributed by atoms with van der Waals surface area (Å²) in [6.45, 7) is 6.70. The molecule has 0 aliphatic rings. The van der Waals surface area contributed by atoms with Gasteiger partial charge in [-0.1, -0.05) is 12.1 Å². The van der Waals surface area contributed by atoms with E-state index in [1.165, 1.54) is 12.1 Å². The van der Waals surface area contributed by atoms with Gasteiger partial charge in [-0.05, 0) is 45.4 Å². The molecule has 0 aliphatic carbocycles. The molecule has 0 saturated carbocycles. The van der Waals surface area contributed by atoms with Crippen LogP contribution in [0.15, 0.2) is 24.3 Å². The number of nitrogens with one attached hydrogen (secondary N) is 1. The quantitative estimate of drug-likeness (QED) is 0.813. The van der Waals surface area contributed by atoms with Gasteiger partial charge in [0.2, 0.25) is 0 Å². The third-order valence-corrected chi connectivity index (χ3v) is 2.36. The lowest BCUT2D eigenvalue weighted by molar-refractivity contribution is -0.152. The molecule has 1 rings (SSSR count). The Morgan fingerprint density at radius 2 is 1.95 bits per heavy atom. The number of phenolic OH excluding ortho intramolecular Hbond substituents is 1. The standard InChI is InChI=1S/C14H19NO5/c1-9(10-6-5-7-11(16)8-10)12(17)20-15-13(18)19-14(2,3)4/h5-9,16H,1-4H3,(H,15,18). The second-order valence-electron chi connectivity index (χ2n) is 5.34. The van der Waals surface area contributed by atoms with E-state index < -0.39 is 23.6 Å². The van der Waals surface area contributed by atoms with Gasteiger partial charge < -0.3 is 14.7 Å². The fourth-order valence-corrected chi connectivity index (χ4v) is 1.41. The monoisotopic (exact) mass is 281 g/mol. The molecule has 0 radical (unpaired) electrons. The molecule has 0 fully saturated rings. The van der Waals surface area contributed by atoms with Gasteiger partial charge in [-0.25, -0.2) is 9.59 Å². The molecule has 6 heteroatoms. The van der Waals surface area contributed by atoms with E-state index in [1.54, 1.807) is 39.8 Å². The Bertz CT molecular complexity index is 493. The van der Waals surface area contributed by atoms with Gasteiger partial charge in [-0.2, -0.15) is 0 Å². The van der Waals surface area contributed by atoms with Crippen LogP contribution in [-0.4, -0.2) is 22.8 Å². The van der Waals surface area contributed by atoms with Crippen molar-refractivity contribution >= 4 is 12.1 Å². The zero-order chi connectivity index (χ0) is 15.3. The number of aromatic hydroxyl groups is 1. The first-order chi connectivity index (χ1) is 9.19. The van der Waals surface area contributed by atoms with Gasteiger partial charge in [0.05, 0.1) is 5.92 Å². The highest BCUT2D eigenvalue weighted by molar-refractivity contribution is 5.79. The van der Waals surface area contributed by atoms with Crippen molar-refractivity contribution in [1.82, 2.24) is 5.48 Å². The molecule has 1 unspecified atom stereocenters. The molecule has 1 aromatic carbocycles. The largest absolute Gasteiger partial charge is 0.508 e. The number of carbonyl (C=O) groups excluding carboxylic acids is 2. The molecule has 1 atom stereocenters. The minimum atomic E-state index is -0.839. The van der Waals surface area contributed by atoms with Crippen molar-refractivity contribution < 1.29 is 24.3 Å². The SMILES string of the molecule is CC(C(=O)ONC(=O)OC(C)(C)C)c1cccc(O)c1. The number of hydrogen-bond acceptors (Lipinski definition) is 5. The average molecular weight is 281 g/mol. The number of ether oxygens (including phenoxy) is 1. The molecule has 1 amide bonds. The molecule has 110 valence electrons. The predicted molar refractivity (Wildman–Crippen MR) is 72.0 cm³/mol. The smallest absolute Gasteiger partial charge is 0.441 e. The summed E-state index contributed by atoms with van der Waals surface area (Å²) in [6.07, 6.45) is -0.839. The summed E-state index contributed by atoms with van der Waals surface area (Å²) in [5.41, 5.74) is 1.84. The lowest BCUT2D eigenvalue weighted by Crippen LogP contribution is -2.34. The third-order valence-electron chi connectivity index (χ3n) is 2.36. The van der Waals surface area contributed by atoms with E-state index in [-0.39, 0.29) is 5.75 Å². The molecule has 0 saturated heterocycles. The zero-order valence-corrected chi connectivity index (χ0v) is 12.0. The molecule has 0 aromatic heterocycles. The first kappa shape index (κ1) is 15.8. The van der Waals surface area contributed by atoms with Gasteiger partial charge in [0.1, 0.15) is 11.4 Å². The van der Waals surface area contributed by atoms with Gasteiger partial charge in [0, 0.05) is 0 Å². The van der Waals surface area contributed by atoms with E-state index in [0.717, 1.165) is 0 Å². The van der Waals surface area contributed by atoms with Crippen LogP contribution in [0.4, 0.5) is 4.79 Å². The van der Waals surface area contributed by atoms with Crippen LogP contribution >= 0.6 is 0 Å². The number of carbonyl (C=O) groups is 2. The summed E-state index contributed by atoms with van der Waals surface area (Å²) in [6, 6.07) is 6.26. The summed E-state index contributed by atoms with van der Waals surface area (Å²) in [7, 11) is 0. The number of rotatable bonds is 2. The second kappa shape index (κ2) is 6.27. The van der Waals surface area contributed by atoms with E-state index in [4.69, 9.17) is 4.74 Å². The van der Waals surface area contributed by atoms with Crippen LogP contribution in [0.25, 0.3) is 0 Å². The number of amides is 1. The van der Waals surface area contributed by atoms with Crippen LogP contribution in [0, 0.1) is 0 Å². The Kier molecular flexibility index (Phi) is 4.96. The zero-order valence-electron chi connectivity index (χ0n) is 12.0. The highest BCUT2D eigenvalue weighted by Gasteiger charge is 2.21. The topological polar surface area (TPSA) is 84.9 Å². The Hall–Kier alpha value is -2.24. The highest BCUT2D eigenvalue weighted by Crippen LogP contribution is 2.20. The Balaban J connectivity index is 2.53. The maximum absolute atomic E-state index is 11.8. The lowest BCUT2D eigenvalue weighted by atomic mass is 10.0. The van der Waals surface area contributed by atoms with Crippen molar-refractivity contribution in [2.24, 2.45) is 0 Å². The Labute approximate surface area is 117 Å². The molecule has 0 heterocycles. The van der Waals surface area contributed by atoms with Crippen LogP contribution < -0.4 is 5.48 Å². The number of benzene rings is 1. The van der Waals surface area contributed by atoms with E-state index in [9.17, 15) is 14.7 Å². The van der Waals surface area contributed by atoms with Gasteiger partial charge in [-0.3, -0.25) is 0 Å². The summed E-state index contributed by atoms with van der Waals surface area (Å²) < 4.78 is 4.93. The Morgan fingerprint density at radius 1 is 1.30 bits per heavy atom. The number of hydroxylamine groups is 1. The maximum atomic E-state index is 11.8. The van der Waals surface area contributed by atoms with Crippen LogP contribution in [0.3, 0.4) is 0 Å². The summed E-state index contributed by atoms with van der Waals surface area (Å²) >= 11 is 0. The summed E-state index contributed by atoms with van der Waals surface area (Å²) in [5.74, 6) is -1.22. The van der Waals surface area contributed by atoms with Crippen molar-refractivity contribution in [3.05, 3.63) is 29.8 Å². The minimum absolute atomic E-state index is 0.0576. The average Bonchev–Trinajstić information content (AvgIpc) is 2.33. The second-order valence-corrected chi connectivity index (χ2v) is 5.34. The fourth-order valence-electron chi connectivity index (χ4n) is 1.41. The van der Waals surface area contributed by atoms with Crippen LogP contribution in [-0.2, 0) is 14.4 Å². The summed E-state index contributed by atoms with van der Waals surface area (Å²) in [4.78, 5) is 27.7. The highest BCUT2D eigenvalue weighted by atomic mass is 16.7. The first-order valence-corrected chi connectivity index (χ1v) is 6.17. The van der Waals surface area contributed by atoms with E-state index >= 15 is 0 Å². The van der Waals surface area contributed by atoms with E-state index in [1.807, 2.05) is 5.48 Å². The minimum Gasteiger partial charge on any atom is -0.508 e. The van der Waals surface area contributed by atoms with E-state index in [0.29, 0.717) is 5.56 Å². The molecule has 0 spiro atoms. The molecule has 0 bridgehead atoms. The van der Waals surface area contributed by atoms with Crippen molar-refractivity contribution in [3.63, 3.8) is 0 Å². The molecular weight excluding hydrogens is 262 g/mol. The number of hydrogen-bond donors (Lipinski definition) is 2. The van der Waals surface area contributed by atoms with Gasteiger partial charge >= 0.3 is 12.1 Å². The van der Waals surface area contributed by atoms with Gasteiger partial charge in [0.15, 0.2) is 0 Å².